The van der Waals surface area contributed by atoms with Crippen LogP contribution in [0.2, 0.25) is 0 Å². The van der Waals surface area contributed by atoms with Crippen LogP contribution in [0.4, 0.5) is 16.4 Å². The maximum Gasteiger partial charge on any atom is 0.256 e. The van der Waals surface area contributed by atoms with Gasteiger partial charge in [-0.15, -0.1) is 11.3 Å². The number of hydrogen-bond donors (Lipinski definition) is 3. The molecule has 188 valence electrons. The number of nitrogen functional groups attached to an aromatic ring is 1. The molecule has 1 aromatic heterocycles. The molecule has 8 heteroatoms. The Morgan fingerprint density at radius 2 is 1.86 bits per heavy atom. The van der Waals surface area contributed by atoms with E-state index < -0.39 is 0 Å². The zero-order chi connectivity index (χ0) is 25.5. The van der Waals surface area contributed by atoms with E-state index >= 15 is 0 Å². The number of amides is 1. The van der Waals surface area contributed by atoms with E-state index in [2.05, 4.69) is 16.7 Å². The number of ketones is 1. The van der Waals surface area contributed by atoms with Crippen LogP contribution < -0.4 is 25.8 Å². The van der Waals surface area contributed by atoms with Gasteiger partial charge in [0.1, 0.15) is 21.4 Å². The standard InChI is InChI=1S/C28H31N3O4S/c1-34-20-13-14-21(22(17-20)35-2)31-28-23(27(33)30-16-15-18-9-5-3-6-10-18)24(29)26(36-28)25(32)19-11-7-4-8-12-19/h4,7-9,11-14,17,31H,3,5-6,10,15-16,29H2,1-2H3,(H,30,33). The zero-order valence-corrected chi connectivity index (χ0v) is 21.4. The van der Waals surface area contributed by atoms with Gasteiger partial charge in [-0.3, -0.25) is 9.59 Å². The first-order chi connectivity index (χ1) is 17.5. The number of carbonyl (C=O) groups excluding carboxylic acids is 2. The summed E-state index contributed by atoms with van der Waals surface area (Å²) >= 11 is 1.16. The third-order valence-electron chi connectivity index (χ3n) is 6.19. The number of benzene rings is 2. The normalized spacial score (nSPS) is 13.0. The number of hydrogen-bond acceptors (Lipinski definition) is 7. The Labute approximate surface area is 215 Å². The van der Waals surface area contributed by atoms with Gasteiger partial charge in [0.15, 0.2) is 0 Å². The molecule has 0 bridgehead atoms. The Bertz CT molecular complexity index is 1270. The zero-order valence-electron chi connectivity index (χ0n) is 20.6. The van der Waals surface area contributed by atoms with Gasteiger partial charge in [0, 0.05) is 18.2 Å². The predicted octanol–water partition coefficient (Wildman–Crippen LogP) is 5.94. The second-order valence-electron chi connectivity index (χ2n) is 8.55. The maximum absolute atomic E-state index is 13.3. The first kappa shape index (κ1) is 25.3. The first-order valence-electron chi connectivity index (χ1n) is 12.0. The van der Waals surface area contributed by atoms with Crippen LogP contribution in [0.5, 0.6) is 11.5 Å². The molecule has 4 rings (SSSR count). The fourth-order valence-corrected chi connectivity index (χ4v) is 5.32. The van der Waals surface area contributed by atoms with Gasteiger partial charge in [0.2, 0.25) is 5.78 Å². The number of allylic oxidation sites excluding steroid dienone is 1. The largest absolute Gasteiger partial charge is 0.497 e. The lowest BCUT2D eigenvalue weighted by Gasteiger charge is -2.14. The molecule has 2 aromatic carbocycles. The molecular formula is C28H31N3O4S. The number of anilines is 3. The second-order valence-corrected chi connectivity index (χ2v) is 9.57. The van der Waals surface area contributed by atoms with Crippen molar-refractivity contribution in [1.29, 1.82) is 0 Å². The highest BCUT2D eigenvalue weighted by molar-refractivity contribution is 7.19. The number of carbonyl (C=O) groups is 2. The van der Waals surface area contributed by atoms with Crippen molar-refractivity contribution in [3.63, 3.8) is 0 Å². The van der Waals surface area contributed by atoms with E-state index in [4.69, 9.17) is 15.2 Å². The molecule has 0 saturated heterocycles. The van der Waals surface area contributed by atoms with E-state index in [0.717, 1.165) is 30.6 Å². The molecule has 36 heavy (non-hydrogen) atoms. The molecule has 0 radical (unpaired) electrons. The molecule has 0 spiro atoms. The van der Waals surface area contributed by atoms with Crippen molar-refractivity contribution in [1.82, 2.24) is 5.32 Å². The van der Waals surface area contributed by atoms with E-state index in [1.165, 1.54) is 18.4 Å². The summed E-state index contributed by atoms with van der Waals surface area (Å²) in [5.74, 6) is 0.627. The van der Waals surface area contributed by atoms with Crippen LogP contribution >= 0.6 is 11.3 Å². The summed E-state index contributed by atoms with van der Waals surface area (Å²) in [6, 6.07) is 14.2. The van der Waals surface area contributed by atoms with Crippen LogP contribution in [-0.4, -0.2) is 32.5 Å². The monoisotopic (exact) mass is 505 g/mol. The van der Waals surface area contributed by atoms with Crippen molar-refractivity contribution in [2.45, 2.75) is 32.1 Å². The van der Waals surface area contributed by atoms with Crippen molar-refractivity contribution < 1.29 is 19.1 Å². The minimum atomic E-state index is -0.317. The lowest BCUT2D eigenvalue weighted by atomic mass is 9.97. The summed E-state index contributed by atoms with van der Waals surface area (Å²) in [6.45, 7) is 0.507. The Morgan fingerprint density at radius 3 is 2.56 bits per heavy atom. The molecule has 1 heterocycles. The quantitative estimate of drug-likeness (QED) is 0.233. The van der Waals surface area contributed by atoms with Gasteiger partial charge in [0.05, 0.1) is 31.2 Å². The summed E-state index contributed by atoms with van der Waals surface area (Å²) in [4.78, 5) is 26.9. The highest BCUT2D eigenvalue weighted by Crippen LogP contribution is 2.41. The third-order valence-corrected chi connectivity index (χ3v) is 7.31. The van der Waals surface area contributed by atoms with Crippen LogP contribution in [0, 0.1) is 0 Å². The molecule has 1 amide bonds. The van der Waals surface area contributed by atoms with E-state index in [1.807, 2.05) is 6.07 Å². The molecule has 7 nitrogen and oxygen atoms in total. The second kappa shape index (κ2) is 11.8. The van der Waals surface area contributed by atoms with Crippen molar-refractivity contribution in [3.8, 4) is 11.5 Å². The SMILES string of the molecule is COc1ccc(Nc2sc(C(=O)c3ccccc3)c(N)c2C(=O)NCCC2=CCCCC2)c(OC)c1. The van der Waals surface area contributed by atoms with Crippen molar-refractivity contribution in [2.75, 3.05) is 31.8 Å². The molecule has 0 unspecified atom stereocenters. The molecule has 0 saturated carbocycles. The van der Waals surface area contributed by atoms with Gasteiger partial charge in [-0.25, -0.2) is 0 Å². The summed E-state index contributed by atoms with van der Waals surface area (Å²) in [5, 5.41) is 6.74. The fourth-order valence-electron chi connectivity index (χ4n) is 4.23. The Morgan fingerprint density at radius 1 is 1.06 bits per heavy atom. The average Bonchev–Trinajstić information content (AvgIpc) is 3.24. The topological polar surface area (TPSA) is 103 Å². The highest BCUT2D eigenvalue weighted by Gasteiger charge is 2.27. The number of methoxy groups -OCH3 is 2. The van der Waals surface area contributed by atoms with Crippen molar-refractivity contribution in [2.24, 2.45) is 0 Å². The summed E-state index contributed by atoms with van der Waals surface area (Å²) < 4.78 is 10.8. The molecule has 3 aromatic rings. The third kappa shape index (κ3) is 5.71. The lowest BCUT2D eigenvalue weighted by Crippen LogP contribution is -2.26. The highest BCUT2D eigenvalue weighted by atomic mass is 32.1. The minimum Gasteiger partial charge on any atom is -0.497 e. The van der Waals surface area contributed by atoms with Crippen LogP contribution in [0.1, 0.15) is 57.7 Å². The maximum atomic E-state index is 13.3. The number of ether oxygens (including phenoxy) is 2. The van der Waals surface area contributed by atoms with Crippen LogP contribution in [0.15, 0.2) is 60.2 Å². The van der Waals surface area contributed by atoms with Crippen molar-refractivity contribution >= 4 is 39.4 Å². The molecular weight excluding hydrogens is 474 g/mol. The van der Waals surface area contributed by atoms with Gasteiger partial charge >= 0.3 is 0 Å². The van der Waals surface area contributed by atoms with Gasteiger partial charge in [-0.1, -0.05) is 42.0 Å². The molecule has 1 aliphatic rings. The number of thiophene rings is 1. The summed E-state index contributed by atoms with van der Waals surface area (Å²) in [6.07, 6.45) is 7.68. The Balaban J connectivity index is 1.65. The predicted molar refractivity (Wildman–Crippen MR) is 145 cm³/mol. The Hall–Kier alpha value is -3.78. The van der Waals surface area contributed by atoms with Crippen LogP contribution in [0.3, 0.4) is 0 Å². The van der Waals surface area contributed by atoms with Gasteiger partial charge in [-0.05, 0) is 44.2 Å². The smallest absolute Gasteiger partial charge is 0.256 e. The lowest BCUT2D eigenvalue weighted by molar-refractivity contribution is 0.0956. The van der Waals surface area contributed by atoms with Crippen LogP contribution in [-0.2, 0) is 0 Å². The molecule has 4 N–H and O–H groups in total. The molecule has 0 aliphatic heterocycles. The van der Waals surface area contributed by atoms with Crippen molar-refractivity contribution in [3.05, 3.63) is 76.2 Å². The number of nitrogens with one attached hydrogen (secondary N) is 2. The van der Waals surface area contributed by atoms with E-state index in [-0.39, 0.29) is 22.9 Å². The Kier molecular flexibility index (Phi) is 8.28. The van der Waals surface area contributed by atoms with Gasteiger partial charge in [-0.2, -0.15) is 0 Å². The summed E-state index contributed by atoms with van der Waals surface area (Å²) in [7, 11) is 3.13. The van der Waals surface area contributed by atoms with E-state index in [1.54, 1.807) is 56.7 Å². The van der Waals surface area contributed by atoms with E-state index in [0.29, 0.717) is 39.2 Å². The van der Waals surface area contributed by atoms with Gasteiger partial charge < -0.3 is 25.8 Å². The minimum absolute atomic E-state index is 0.165. The summed E-state index contributed by atoms with van der Waals surface area (Å²) in [5.41, 5.74) is 9.39. The molecule has 1 aliphatic carbocycles. The van der Waals surface area contributed by atoms with Crippen LogP contribution in [0.25, 0.3) is 0 Å². The van der Waals surface area contributed by atoms with E-state index in [9.17, 15) is 9.59 Å². The molecule has 0 fully saturated rings. The van der Waals surface area contributed by atoms with Gasteiger partial charge in [0.25, 0.3) is 5.91 Å². The average molecular weight is 506 g/mol. The first-order valence-corrected chi connectivity index (χ1v) is 12.8. The molecule has 0 atom stereocenters. The number of rotatable bonds is 10. The fraction of sp³-hybridized carbons (Fsp3) is 0.286. The number of nitrogens with two attached hydrogens (primary N) is 1.